The van der Waals surface area contributed by atoms with E-state index in [0.717, 1.165) is 0 Å². The molecule has 0 spiro atoms. The van der Waals surface area contributed by atoms with E-state index < -0.39 is 6.67 Å². The first kappa shape index (κ1) is 9.57. The maximum absolute atomic E-state index is 11.8. The van der Waals surface area contributed by atoms with Crippen molar-refractivity contribution in [2.45, 2.75) is 0 Å². The number of methoxy groups -OCH3 is 1. The highest BCUT2D eigenvalue weighted by molar-refractivity contribution is 5.61. The number of anilines is 2. The molecule has 13 heavy (non-hydrogen) atoms. The van der Waals surface area contributed by atoms with Gasteiger partial charge in [0.1, 0.15) is 6.67 Å². The molecule has 0 aliphatic carbocycles. The number of nitrogens with two attached hydrogens (primary N) is 1. The fraction of sp³-hybridized carbons (Fsp3) is 0.375. The first-order valence-corrected chi connectivity index (χ1v) is 3.88. The van der Waals surface area contributed by atoms with Crippen LogP contribution in [0.2, 0.25) is 0 Å². The normalized spacial score (nSPS) is 9.69. The van der Waals surface area contributed by atoms with Gasteiger partial charge < -0.3 is 15.8 Å². The van der Waals surface area contributed by atoms with Crippen molar-refractivity contribution in [2.75, 3.05) is 31.4 Å². The van der Waals surface area contributed by atoms with Crippen molar-refractivity contribution in [1.82, 2.24) is 4.98 Å². The zero-order chi connectivity index (χ0) is 9.68. The summed E-state index contributed by atoms with van der Waals surface area (Å²) in [6.07, 6.45) is 0. The summed E-state index contributed by atoms with van der Waals surface area (Å²) in [5.74, 6) is 0.910. The van der Waals surface area contributed by atoms with Crippen LogP contribution in [0.4, 0.5) is 15.9 Å². The Morgan fingerprint density at radius 2 is 2.38 bits per heavy atom. The molecule has 3 N–H and O–H groups in total. The summed E-state index contributed by atoms with van der Waals surface area (Å²) >= 11 is 0. The zero-order valence-electron chi connectivity index (χ0n) is 7.38. The average Bonchev–Trinajstić information content (AvgIpc) is 2.17. The van der Waals surface area contributed by atoms with E-state index in [1.54, 1.807) is 12.1 Å². The number of pyridine rings is 1. The van der Waals surface area contributed by atoms with E-state index in [-0.39, 0.29) is 6.54 Å². The summed E-state index contributed by atoms with van der Waals surface area (Å²) in [6, 6.07) is 3.31. The molecule has 0 unspecified atom stereocenters. The van der Waals surface area contributed by atoms with Gasteiger partial charge in [-0.05, 0) is 6.07 Å². The Balaban J connectivity index is 2.78. The van der Waals surface area contributed by atoms with Crippen molar-refractivity contribution in [2.24, 2.45) is 0 Å². The molecular weight excluding hydrogens is 173 g/mol. The van der Waals surface area contributed by atoms with E-state index in [0.29, 0.717) is 17.4 Å². The minimum absolute atomic E-state index is 0.199. The van der Waals surface area contributed by atoms with E-state index in [4.69, 9.17) is 10.5 Å². The molecule has 1 aromatic heterocycles. The van der Waals surface area contributed by atoms with Gasteiger partial charge in [-0.25, -0.2) is 4.39 Å². The van der Waals surface area contributed by atoms with E-state index in [2.05, 4.69) is 10.3 Å². The molecule has 0 aromatic carbocycles. The van der Waals surface area contributed by atoms with Gasteiger partial charge in [-0.15, -0.1) is 0 Å². The Kier molecular flexibility index (Phi) is 3.31. The van der Waals surface area contributed by atoms with Crippen molar-refractivity contribution in [3.05, 3.63) is 12.1 Å². The minimum atomic E-state index is -0.460. The molecule has 0 saturated heterocycles. The third-order valence-corrected chi connectivity index (χ3v) is 1.50. The second-order valence-corrected chi connectivity index (χ2v) is 2.41. The van der Waals surface area contributed by atoms with Crippen LogP contribution in [0.25, 0.3) is 0 Å². The molecule has 0 radical (unpaired) electrons. The summed E-state index contributed by atoms with van der Waals surface area (Å²) in [5, 5.41) is 2.75. The maximum atomic E-state index is 11.8. The summed E-state index contributed by atoms with van der Waals surface area (Å²) in [6.45, 7) is -0.261. The second-order valence-electron chi connectivity index (χ2n) is 2.41. The molecule has 1 heterocycles. The first-order chi connectivity index (χ1) is 6.27. The van der Waals surface area contributed by atoms with E-state index in [1.807, 2.05) is 0 Å². The van der Waals surface area contributed by atoms with E-state index >= 15 is 0 Å². The predicted molar refractivity (Wildman–Crippen MR) is 49.7 cm³/mol. The van der Waals surface area contributed by atoms with Crippen LogP contribution in [0.3, 0.4) is 0 Å². The smallest absolute Gasteiger partial charge is 0.215 e. The Labute approximate surface area is 75.9 Å². The number of aromatic nitrogens is 1. The molecule has 5 heteroatoms. The van der Waals surface area contributed by atoms with Gasteiger partial charge in [-0.1, -0.05) is 0 Å². The first-order valence-electron chi connectivity index (χ1n) is 3.88. The zero-order valence-corrected chi connectivity index (χ0v) is 7.38. The molecule has 0 atom stereocenters. The third-order valence-electron chi connectivity index (χ3n) is 1.50. The predicted octanol–water partition coefficient (Wildman–Crippen LogP) is 1.05. The number of rotatable bonds is 4. The average molecular weight is 185 g/mol. The molecule has 1 rings (SSSR count). The number of hydrogen-bond acceptors (Lipinski definition) is 4. The number of nitrogen functional groups attached to an aromatic ring is 1. The molecule has 0 saturated carbocycles. The number of nitrogens with zero attached hydrogens (tertiary/aromatic N) is 1. The Morgan fingerprint density at radius 3 is 3.00 bits per heavy atom. The Morgan fingerprint density at radius 1 is 1.62 bits per heavy atom. The number of halogens is 1. The fourth-order valence-corrected chi connectivity index (χ4v) is 0.873. The van der Waals surface area contributed by atoms with Gasteiger partial charge in [0.15, 0.2) is 5.82 Å². The van der Waals surface area contributed by atoms with Gasteiger partial charge in [0.2, 0.25) is 5.88 Å². The molecule has 0 fully saturated rings. The highest BCUT2D eigenvalue weighted by Crippen LogP contribution is 2.18. The van der Waals surface area contributed by atoms with Crippen LogP contribution < -0.4 is 15.8 Å². The molecule has 0 aliphatic heterocycles. The molecule has 0 amide bonds. The summed E-state index contributed by atoms with van der Waals surface area (Å²) in [5.41, 5.74) is 6.06. The maximum Gasteiger partial charge on any atom is 0.215 e. The van der Waals surface area contributed by atoms with Crippen molar-refractivity contribution in [3.8, 4) is 5.88 Å². The van der Waals surface area contributed by atoms with Crippen LogP contribution >= 0.6 is 0 Å². The van der Waals surface area contributed by atoms with Crippen LogP contribution in [-0.2, 0) is 0 Å². The quantitative estimate of drug-likeness (QED) is 0.736. The SMILES string of the molecule is COc1ccc(N)c(NCCF)n1. The van der Waals surface area contributed by atoms with Gasteiger partial charge in [-0.3, -0.25) is 0 Å². The molecule has 72 valence electrons. The molecule has 4 nitrogen and oxygen atoms in total. The van der Waals surface area contributed by atoms with Gasteiger partial charge in [0.05, 0.1) is 12.8 Å². The lowest BCUT2D eigenvalue weighted by Gasteiger charge is -2.07. The van der Waals surface area contributed by atoms with Crippen LogP contribution in [0.15, 0.2) is 12.1 Å². The van der Waals surface area contributed by atoms with Gasteiger partial charge in [0, 0.05) is 12.6 Å². The minimum Gasteiger partial charge on any atom is -0.481 e. The molecule has 0 bridgehead atoms. The van der Waals surface area contributed by atoms with Gasteiger partial charge >= 0.3 is 0 Å². The lowest BCUT2D eigenvalue weighted by Crippen LogP contribution is -2.07. The molecule has 1 aromatic rings. The van der Waals surface area contributed by atoms with Crippen molar-refractivity contribution >= 4 is 11.5 Å². The highest BCUT2D eigenvalue weighted by atomic mass is 19.1. The molecular formula is C8H12FN3O. The monoisotopic (exact) mass is 185 g/mol. The number of nitrogens with one attached hydrogen (secondary N) is 1. The van der Waals surface area contributed by atoms with Crippen molar-refractivity contribution in [3.63, 3.8) is 0 Å². The van der Waals surface area contributed by atoms with Gasteiger partial charge in [-0.2, -0.15) is 4.98 Å². The van der Waals surface area contributed by atoms with E-state index in [1.165, 1.54) is 7.11 Å². The fourth-order valence-electron chi connectivity index (χ4n) is 0.873. The van der Waals surface area contributed by atoms with Crippen molar-refractivity contribution < 1.29 is 9.13 Å². The van der Waals surface area contributed by atoms with E-state index in [9.17, 15) is 4.39 Å². The van der Waals surface area contributed by atoms with Crippen molar-refractivity contribution in [1.29, 1.82) is 0 Å². The largest absolute Gasteiger partial charge is 0.481 e. The second kappa shape index (κ2) is 4.49. The third kappa shape index (κ3) is 2.47. The topological polar surface area (TPSA) is 60.2 Å². The summed E-state index contributed by atoms with van der Waals surface area (Å²) in [7, 11) is 1.51. The number of alkyl halides is 1. The summed E-state index contributed by atoms with van der Waals surface area (Å²) in [4.78, 5) is 4.00. The lowest BCUT2D eigenvalue weighted by molar-refractivity contribution is 0.398. The van der Waals surface area contributed by atoms with Crippen LogP contribution in [-0.4, -0.2) is 25.3 Å². The van der Waals surface area contributed by atoms with Gasteiger partial charge in [0.25, 0.3) is 0 Å². The summed E-state index contributed by atoms with van der Waals surface area (Å²) < 4.78 is 16.7. The standard InChI is InChI=1S/C8H12FN3O/c1-13-7-3-2-6(10)8(12-7)11-5-4-9/h2-3H,4-5,10H2,1H3,(H,11,12). The van der Waals surface area contributed by atoms with Crippen LogP contribution in [0.5, 0.6) is 5.88 Å². The lowest BCUT2D eigenvalue weighted by atomic mass is 10.4. The highest BCUT2D eigenvalue weighted by Gasteiger charge is 2.01. The Bertz CT molecular complexity index is 280. The number of hydrogen-bond donors (Lipinski definition) is 2. The van der Waals surface area contributed by atoms with Crippen LogP contribution in [0, 0.1) is 0 Å². The molecule has 0 aliphatic rings. The number of ether oxygens (including phenoxy) is 1. The Hall–Kier alpha value is -1.52. The van der Waals surface area contributed by atoms with Crippen LogP contribution in [0.1, 0.15) is 0 Å².